The number of ether oxygens (including phenoxy) is 2. The minimum Gasteiger partial charge on any atom is -0.508 e. The van der Waals surface area contributed by atoms with Crippen LogP contribution in [0.1, 0.15) is 12.8 Å². The van der Waals surface area contributed by atoms with E-state index in [1.807, 2.05) is 6.07 Å². The fraction of sp³-hybridized carbons (Fsp3) is 0.190. The molecule has 0 aliphatic carbocycles. The third-order valence-electron chi connectivity index (χ3n) is 4.20. The molecular formula is C21H18O6. The van der Waals surface area contributed by atoms with Gasteiger partial charge < -0.3 is 23.4 Å². The second-order valence-electron chi connectivity index (χ2n) is 6.10. The number of furan rings is 1. The lowest BCUT2D eigenvalue weighted by Gasteiger charge is -2.10. The van der Waals surface area contributed by atoms with Crippen molar-refractivity contribution < 1.29 is 23.4 Å². The minimum atomic E-state index is -0.411. The Balaban J connectivity index is 1.38. The average Bonchev–Trinajstić information content (AvgIpc) is 3.13. The molecule has 0 fully saturated rings. The van der Waals surface area contributed by atoms with Crippen molar-refractivity contribution in [3.8, 4) is 17.2 Å². The second-order valence-corrected chi connectivity index (χ2v) is 6.10. The van der Waals surface area contributed by atoms with E-state index in [0.717, 1.165) is 29.4 Å². The lowest BCUT2D eigenvalue weighted by atomic mass is 10.1. The highest BCUT2D eigenvalue weighted by Gasteiger charge is 2.13. The summed E-state index contributed by atoms with van der Waals surface area (Å²) in [6.07, 6.45) is 3.19. The fourth-order valence-electron chi connectivity index (χ4n) is 2.88. The lowest BCUT2D eigenvalue weighted by Crippen LogP contribution is -2.03. The minimum absolute atomic E-state index is 0.215. The first kappa shape index (κ1) is 17.0. The van der Waals surface area contributed by atoms with Crippen LogP contribution in [0.3, 0.4) is 0 Å². The summed E-state index contributed by atoms with van der Waals surface area (Å²) in [5, 5.41) is 10.8. The highest BCUT2D eigenvalue weighted by atomic mass is 16.5. The van der Waals surface area contributed by atoms with Crippen molar-refractivity contribution in [1.29, 1.82) is 0 Å². The van der Waals surface area contributed by atoms with Crippen LogP contribution < -0.4 is 15.1 Å². The maximum atomic E-state index is 11.5. The molecule has 0 amide bonds. The van der Waals surface area contributed by atoms with Gasteiger partial charge in [0.25, 0.3) is 0 Å². The van der Waals surface area contributed by atoms with Gasteiger partial charge in [0.05, 0.1) is 30.2 Å². The molecule has 1 N–H and O–H groups in total. The van der Waals surface area contributed by atoms with E-state index in [-0.39, 0.29) is 5.75 Å². The van der Waals surface area contributed by atoms with Gasteiger partial charge in [0.2, 0.25) is 0 Å². The van der Waals surface area contributed by atoms with Crippen molar-refractivity contribution in [3.63, 3.8) is 0 Å². The molecule has 0 spiro atoms. The number of benzene rings is 2. The second kappa shape index (κ2) is 7.45. The van der Waals surface area contributed by atoms with Crippen LogP contribution in [-0.4, -0.2) is 18.3 Å². The number of phenolic OH excluding ortho intramolecular Hbond substituents is 1. The van der Waals surface area contributed by atoms with Crippen molar-refractivity contribution in [2.75, 3.05) is 13.2 Å². The molecule has 2 heterocycles. The predicted molar refractivity (Wildman–Crippen MR) is 101 cm³/mol. The molecule has 4 rings (SSSR count). The van der Waals surface area contributed by atoms with E-state index in [9.17, 15) is 9.90 Å². The quantitative estimate of drug-likeness (QED) is 0.383. The zero-order chi connectivity index (χ0) is 18.6. The van der Waals surface area contributed by atoms with Crippen LogP contribution in [0, 0.1) is 0 Å². The molecule has 0 saturated heterocycles. The molecule has 0 unspecified atom stereocenters. The van der Waals surface area contributed by atoms with Gasteiger partial charge in [0, 0.05) is 12.1 Å². The molecule has 2 aromatic carbocycles. The maximum Gasteiger partial charge on any atom is 0.336 e. The van der Waals surface area contributed by atoms with E-state index in [1.165, 1.54) is 6.07 Å². The van der Waals surface area contributed by atoms with Crippen LogP contribution in [0.25, 0.3) is 21.9 Å². The number of hydrogen-bond donors (Lipinski definition) is 1. The van der Waals surface area contributed by atoms with E-state index < -0.39 is 5.63 Å². The number of fused-ring (bicyclic) bond motifs is 2. The Morgan fingerprint density at radius 2 is 1.59 bits per heavy atom. The number of hydrogen-bond acceptors (Lipinski definition) is 6. The van der Waals surface area contributed by atoms with Crippen molar-refractivity contribution in [2.45, 2.75) is 12.8 Å². The van der Waals surface area contributed by atoms with Crippen molar-refractivity contribution in [2.24, 2.45) is 0 Å². The molecule has 0 aliphatic rings. The van der Waals surface area contributed by atoms with Gasteiger partial charge in [0.1, 0.15) is 28.4 Å². The maximum absolute atomic E-state index is 11.5. The Hall–Kier alpha value is -3.41. The molecule has 0 bridgehead atoms. The van der Waals surface area contributed by atoms with Crippen molar-refractivity contribution in [1.82, 2.24) is 0 Å². The molecule has 0 aliphatic heterocycles. The number of aromatic hydroxyl groups is 1. The van der Waals surface area contributed by atoms with Crippen LogP contribution in [0.2, 0.25) is 0 Å². The largest absolute Gasteiger partial charge is 0.508 e. The summed E-state index contributed by atoms with van der Waals surface area (Å²) >= 11 is 0. The molecule has 4 aromatic rings. The Morgan fingerprint density at radius 1 is 0.852 bits per heavy atom. The van der Waals surface area contributed by atoms with Gasteiger partial charge in [-0.3, -0.25) is 0 Å². The average molecular weight is 366 g/mol. The van der Waals surface area contributed by atoms with E-state index in [1.54, 1.807) is 42.7 Å². The first-order valence-electron chi connectivity index (χ1n) is 8.69. The normalized spacial score (nSPS) is 11.1. The monoisotopic (exact) mass is 366 g/mol. The molecule has 0 atom stereocenters. The van der Waals surface area contributed by atoms with Crippen LogP contribution in [0.4, 0.5) is 0 Å². The van der Waals surface area contributed by atoms with Crippen LogP contribution >= 0.6 is 0 Å². The number of phenols is 1. The van der Waals surface area contributed by atoms with E-state index >= 15 is 0 Å². The summed E-state index contributed by atoms with van der Waals surface area (Å²) in [6.45, 7) is 1.05. The third-order valence-corrected chi connectivity index (χ3v) is 4.20. The predicted octanol–water partition coefficient (Wildman–Crippen LogP) is 4.48. The van der Waals surface area contributed by atoms with Crippen LogP contribution in [0.5, 0.6) is 17.2 Å². The van der Waals surface area contributed by atoms with E-state index in [0.29, 0.717) is 30.1 Å². The van der Waals surface area contributed by atoms with Crippen LogP contribution in [0.15, 0.2) is 68.4 Å². The molecular weight excluding hydrogens is 348 g/mol. The lowest BCUT2D eigenvalue weighted by molar-refractivity contribution is 0.269. The zero-order valence-electron chi connectivity index (χ0n) is 14.5. The molecule has 0 radical (unpaired) electrons. The summed E-state index contributed by atoms with van der Waals surface area (Å²) in [5.74, 6) is 1.59. The molecule has 2 aromatic heterocycles. The van der Waals surface area contributed by atoms with Gasteiger partial charge in [-0.1, -0.05) is 0 Å². The molecule has 6 heteroatoms. The molecule has 6 nitrogen and oxygen atoms in total. The summed E-state index contributed by atoms with van der Waals surface area (Å²) in [6, 6.07) is 13.3. The van der Waals surface area contributed by atoms with Crippen LogP contribution in [-0.2, 0) is 0 Å². The van der Waals surface area contributed by atoms with E-state index in [2.05, 4.69) is 0 Å². The van der Waals surface area contributed by atoms with Gasteiger partial charge >= 0.3 is 5.63 Å². The Kier molecular flexibility index (Phi) is 4.70. The van der Waals surface area contributed by atoms with Gasteiger partial charge in [-0.05, 0) is 49.2 Å². The Morgan fingerprint density at radius 3 is 2.41 bits per heavy atom. The fourth-order valence-corrected chi connectivity index (χ4v) is 2.88. The van der Waals surface area contributed by atoms with Crippen molar-refractivity contribution >= 4 is 21.9 Å². The third kappa shape index (κ3) is 3.74. The Labute approximate surface area is 154 Å². The van der Waals surface area contributed by atoms with Crippen molar-refractivity contribution in [3.05, 3.63) is 65.2 Å². The SMILES string of the molecule is O=c1ccc2c(OCCCCOc3ccc(O)cc3)c3ccoc3cc2o1. The summed E-state index contributed by atoms with van der Waals surface area (Å²) in [7, 11) is 0. The number of unbranched alkanes of at least 4 members (excludes halogenated alkanes) is 1. The standard InChI is InChI=1S/C21H18O6/c22-14-3-5-15(6-4-14)24-10-1-2-11-26-21-16-7-8-20(23)27-19(16)13-18-17(21)9-12-25-18/h3-9,12-13,22H,1-2,10-11H2. The molecule has 138 valence electrons. The van der Waals surface area contributed by atoms with Gasteiger partial charge in [-0.25, -0.2) is 4.79 Å². The smallest absolute Gasteiger partial charge is 0.336 e. The van der Waals surface area contributed by atoms with Gasteiger partial charge in [-0.2, -0.15) is 0 Å². The first-order chi connectivity index (χ1) is 13.2. The highest BCUT2D eigenvalue weighted by molar-refractivity contribution is 6.01. The molecule has 27 heavy (non-hydrogen) atoms. The molecule has 0 saturated carbocycles. The summed E-state index contributed by atoms with van der Waals surface area (Å²) in [4.78, 5) is 11.5. The van der Waals surface area contributed by atoms with Gasteiger partial charge in [-0.15, -0.1) is 0 Å². The Bertz CT molecular complexity index is 1110. The topological polar surface area (TPSA) is 82.0 Å². The van der Waals surface area contributed by atoms with E-state index in [4.69, 9.17) is 18.3 Å². The highest BCUT2D eigenvalue weighted by Crippen LogP contribution is 2.35. The van der Waals surface area contributed by atoms with Gasteiger partial charge in [0.15, 0.2) is 0 Å². The zero-order valence-corrected chi connectivity index (χ0v) is 14.5. The number of rotatable bonds is 7. The summed E-state index contributed by atoms with van der Waals surface area (Å²) < 4.78 is 22.3. The summed E-state index contributed by atoms with van der Waals surface area (Å²) in [5.41, 5.74) is 0.642. The first-order valence-corrected chi connectivity index (χ1v) is 8.69.